The van der Waals surface area contributed by atoms with Crippen LogP contribution in [0.2, 0.25) is 0 Å². The van der Waals surface area contributed by atoms with Crippen molar-refractivity contribution in [1.82, 2.24) is 24.7 Å². The molecule has 25 heavy (non-hydrogen) atoms. The van der Waals surface area contributed by atoms with Crippen molar-refractivity contribution in [2.45, 2.75) is 31.9 Å². The van der Waals surface area contributed by atoms with Crippen molar-refractivity contribution in [2.24, 2.45) is 0 Å². The fourth-order valence-corrected chi connectivity index (χ4v) is 3.08. The van der Waals surface area contributed by atoms with Gasteiger partial charge in [-0.3, -0.25) is 9.38 Å². The predicted octanol–water partition coefficient (Wildman–Crippen LogP) is 1.79. The first-order valence-electron chi connectivity index (χ1n) is 8.50. The maximum Gasteiger partial charge on any atom is 0.145 e. The second-order valence-electron chi connectivity index (χ2n) is 6.97. The van der Waals surface area contributed by atoms with Crippen molar-refractivity contribution in [3.8, 4) is 11.4 Å². The minimum Gasteiger partial charge on any atom is -0.386 e. The number of nitrogens with zero attached hydrogens (tertiary/aromatic N) is 4. The Morgan fingerprint density at radius 3 is 2.92 bits per heavy atom. The molecular weight excluding hydrogens is 316 g/mol. The van der Waals surface area contributed by atoms with Gasteiger partial charge in [-0.15, -0.1) is 0 Å². The van der Waals surface area contributed by atoms with Gasteiger partial charge in [0.15, 0.2) is 0 Å². The molecule has 1 saturated heterocycles. The second kappa shape index (κ2) is 6.09. The summed E-state index contributed by atoms with van der Waals surface area (Å²) in [6.45, 7) is 5.50. The molecule has 1 aliphatic heterocycles. The van der Waals surface area contributed by atoms with Crippen molar-refractivity contribution in [1.29, 1.82) is 0 Å². The zero-order valence-electron chi connectivity index (χ0n) is 14.4. The average molecular weight is 338 g/mol. The van der Waals surface area contributed by atoms with Crippen molar-refractivity contribution in [3.05, 3.63) is 42.5 Å². The van der Waals surface area contributed by atoms with Crippen molar-refractivity contribution in [3.63, 3.8) is 0 Å². The van der Waals surface area contributed by atoms with Crippen molar-refractivity contribution in [2.75, 3.05) is 18.4 Å². The highest BCUT2D eigenvalue weighted by molar-refractivity contribution is 5.61. The Bertz CT molecular complexity index is 892. The molecule has 0 aliphatic carbocycles. The highest BCUT2D eigenvalue weighted by Gasteiger charge is 2.18. The summed E-state index contributed by atoms with van der Waals surface area (Å²) in [7, 11) is 0. The van der Waals surface area contributed by atoms with Gasteiger partial charge in [-0.2, -0.15) is 0 Å². The number of nitrogens with one attached hydrogen (secondary N) is 2. The van der Waals surface area contributed by atoms with Gasteiger partial charge in [-0.25, -0.2) is 9.97 Å². The first kappa shape index (κ1) is 16.0. The van der Waals surface area contributed by atoms with Crippen LogP contribution in [0.4, 0.5) is 5.82 Å². The van der Waals surface area contributed by atoms with Gasteiger partial charge < -0.3 is 15.7 Å². The van der Waals surface area contributed by atoms with Crippen LogP contribution < -0.4 is 10.6 Å². The summed E-state index contributed by atoms with van der Waals surface area (Å²) < 4.78 is 1.94. The maximum absolute atomic E-state index is 10.3. The van der Waals surface area contributed by atoms with E-state index >= 15 is 0 Å². The van der Waals surface area contributed by atoms with E-state index < -0.39 is 5.60 Å². The van der Waals surface area contributed by atoms with E-state index in [-0.39, 0.29) is 0 Å². The number of aliphatic hydroxyl groups is 1. The number of aromatic nitrogens is 4. The second-order valence-corrected chi connectivity index (χ2v) is 6.97. The van der Waals surface area contributed by atoms with Gasteiger partial charge in [-0.05, 0) is 38.4 Å². The summed E-state index contributed by atoms with van der Waals surface area (Å²) in [5.74, 6) is 0.764. The maximum atomic E-state index is 10.3. The summed E-state index contributed by atoms with van der Waals surface area (Å²) in [6.07, 6.45) is 8.25. The van der Waals surface area contributed by atoms with Gasteiger partial charge >= 0.3 is 0 Å². The predicted molar refractivity (Wildman–Crippen MR) is 96.4 cm³/mol. The molecule has 0 saturated carbocycles. The number of hydrogen-bond donors (Lipinski definition) is 3. The third kappa shape index (κ3) is 3.20. The van der Waals surface area contributed by atoms with E-state index in [1.165, 1.54) is 0 Å². The van der Waals surface area contributed by atoms with Crippen LogP contribution in [0.1, 0.15) is 25.8 Å². The molecule has 0 bridgehead atoms. The summed E-state index contributed by atoms with van der Waals surface area (Å²) >= 11 is 0. The topological polar surface area (TPSA) is 87.4 Å². The molecule has 3 N–H and O–H groups in total. The molecule has 0 spiro atoms. The number of pyridine rings is 1. The van der Waals surface area contributed by atoms with Crippen LogP contribution in [0, 0.1) is 0 Å². The fourth-order valence-electron chi connectivity index (χ4n) is 3.08. The molecule has 0 radical (unpaired) electrons. The molecule has 7 nitrogen and oxygen atoms in total. The number of fused-ring (bicyclic) bond motifs is 1. The van der Waals surface area contributed by atoms with Gasteiger partial charge in [0, 0.05) is 18.8 Å². The van der Waals surface area contributed by atoms with Crippen LogP contribution in [-0.4, -0.2) is 43.6 Å². The number of hydrogen-bond acceptors (Lipinski definition) is 6. The third-order valence-electron chi connectivity index (χ3n) is 4.52. The first-order chi connectivity index (χ1) is 12.0. The van der Waals surface area contributed by atoms with Gasteiger partial charge in [0.05, 0.1) is 29.9 Å². The molecule has 4 rings (SSSR count). The molecule has 1 atom stereocenters. The normalized spacial score (nSPS) is 18.0. The molecule has 3 aromatic heterocycles. The molecule has 130 valence electrons. The molecule has 1 aliphatic rings. The van der Waals surface area contributed by atoms with E-state index in [9.17, 15) is 5.11 Å². The van der Waals surface area contributed by atoms with E-state index in [0.29, 0.717) is 6.04 Å². The molecule has 1 unspecified atom stereocenters. The minimum absolute atomic E-state index is 0.383. The van der Waals surface area contributed by atoms with E-state index in [0.717, 1.165) is 47.9 Å². The Balaban J connectivity index is 1.71. The number of rotatable bonds is 4. The molecule has 1 fully saturated rings. The van der Waals surface area contributed by atoms with E-state index in [1.807, 2.05) is 22.7 Å². The van der Waals surface area contributed by atoms with Crippen LogP contribution in [-0.2, 0) is 5.60 Å². The minimum atomic E-state index is -0.916. The lowest BCUT2D eigenvalue weighted by molar-refractivity contribution is 0.0782. The van der Waals surface area contributed by atoms with Crippen molar-refractivity contribution >= 4 is 11.5 Å². The molecule has 4 heterocycles. The van der Waals surface area contributed by atoms with Gasteiger partial charge in [-0.1, -0.05) is 6.07 Å². The number of imidazole rings is 1. The van der Waals surface area contributed by atoms with Gasteiger partial charge in [0.1, 0.15) is 17.2 Å². The fraction of sp³-hybridized carbons (Fsp3) is 0.389. The van der Waals surface area contributed by atoms with Crippen LogP contribution in [0.25, 0.3) is 17.0 Å². The smallest absolute Gasteiger partial charge is 0.145 e. The lowest BCUT2D eigenvalue weighted by Gasteiger charge is -2.18. The third-order valence-corrected chi connectivity index (χ3v) is 4.52. The summed E-state index contributed by atoms with van der Waals surface area (Å²) in [6, 6.07) is 4.17. The van der Waals surface area contributed by atoms with Crippen molar-refractivity contribution < 1.29 is 5.11 Å². The van der Waals surface area contributed by atoms with E-state index in [4.69, 9.17) is 4.98 Å². The Labute approximate surface area is 146 Å². The standard InChI is InChI=1S/C18H22N6O/c1-18(2,25)12-3-4-17-21-9-15(24(17)11-12)14-8-20-10-16(23-14)22-13-5-6-19-7-13/h3-4,8-11,13,19,25H,5-7H2,1-2H3,(H,22,23). The summed E-state index contributed by atoms with van der Waals surface area (Å²) in [4.78, 5) is 13.5. The zero-order chi connectivity index (χ0) is 17.4. The molecule has 7 heteroatoms. The van der Waals surface area contributed by atoms with Crippen LogP contribution in [0.3, 0.4) is 0 Å². The lowest BCUT2D eigenvalue weighted by Crippen LogP contribution is -2.22. The van der Waals surface area contributed by atoms with Crippen LogP contribution >= 0.6 is 0 Å². The highest BCUT2D eigenvalue weighted by atomic mass is 16.3. The Morgan fingerprint density at radius 1 is 1.28 bits per heavy atom. The quantitative estimate of drug-likeness (QED) is 0.672. The number of anilines is 1. The Kier molecular flexibility index (Phi) is 3.89. The molecular formula is C18H22N6O. The van der Waals surface area contributed by atoms with Crippen LogP contribution in [0.5, 0.6) is 0 Å². The van der Waals surface area contributed by atoms with Gasteiger partial charge in [0.25, 0.3) is 0 Å². The SMILES string of the molecule is CC(C)(O)c1ccc2ncc(-c3cncc(NC4CCNC4)n3)n2c1. The first-order valence-corrected chi connectivity index (χ1v) is 8.50. The monoisotopic (exact) mass is 338 g/mol. The van der Waals surface area contributed by atoms with Crippen LogP contribution in [0.15, 0.2) is 36.9 Å². The average Bonchev–Trinajstić information content (AvgIpc) is 3.23. The zero-order valence-corrected chi connectivity index (χ0v) is 14.4. The summed E-state index contributed by atoms with van der Waals surface area (Å²) in [5.41, 5.74) is 2.31. The van der Waals surface area contributed by atoms with E-state index in [2.05, 4.69) is 20.6 Å². The largest absolute Gasteiger partial charge is 0.386 e. The molecule has 0 aromatic carbocycles. The highest BCUT2D eigenvalue weighted by Crippen LogP contribution is 2.24. The van der Waals surface area contributed by atoms with Gasteiger partial charge in [0.2, 0.25) is 0 Å². The molecule has 0 amide bonds. The van der Waals surface area contributed by atoms with E-state index in [1.54, 1.807) is 32.4 Å². The Morgan fingerprint density at radius 2 is 2.16 bits per heavy atom. The molecule has 3 aromatic rings. The lowest BCUT2D eigenvalue weighted by atomic mass is 10.0. The Hall–Kier alpha value is -2.51. The summed E-state index contributed by atoms with van der Waals surface area (Å²) in [5, 5.41) is 17.0.